The molecule has 0 bridgehead atoms. The van der Waals surface area contributed by atoms with Gasteiger partial charge in [-0.3, -0.25) is 4.99 Å². The van der Waals surface area contributed by atoms with Gasteiger partial charge >= 0.3 is 0 Å². The lowest BCUT2D eigenvalue weighted by Gasteiger charge is -2.11. The van der Waals surface area contributed by atoms with E-state index in [0.29, 0.717) is 11.7 Å². The summed E-state index contributed by atoms with van der Waals surface area (Å²) in [6.07, 6.45) is 4.27. The highest BCUT2D eigenvalue weighted by atomic mass is 16.3. The predicted octanol–water partition coefficient (Wildman–Crippen LogP) is 3.17. The van der Waals surface area contributed by atoms with Gasteiger partial charge in [-0.05, 0) is 30.5 Å². The molecule has 0 aromatic carbocycles. The van der Waals surface area contributed by atoms with Gasteiger partial charge in [0.25, 0.3) is 0 Å². The fraction of sp³-hybridized carbons (Fsp3) is 0.333. The Morgan fingerprint density at radius 1 is 1.47 bits per heavy atom. The van der Waals surface area contributed by atoms with E-state index >= 15 is 0 Å². The van der Waals surface area contributed by atoms with E-state index in [9.17, 15) is 0 Å². The largest absolute Gasteiger partial charge is 0.464 e. The van der Waals surface area contributed by atoms with Crippen LogP contribution in [-0.2, 0) is 6.42 Å². The maximum Gasteiger partial charge on any atom is 0.134 e. The van der Waals surface area contributed by atoms with Gasteiger partial charge in [0.05, 0.1) is 6.26 Å². The Labute approximate surface area is 113 Å². The van der Waals surface area contributed by atoms with Crippen LogP contribution in [0.3, 0.4) is 0 Å². The van der Waals surface area contributed by atoms with Crippen LogP contribution in [0.5, 0.6) is 0 Å². The van der Waals surface area contributed by atoms with Crippen LogP contribution in [0, 0.1) is 5.92 Å². The molecule has 2 aromatic heterocycles. The molecule has 2 rings (SSSR count). The molecule has 0 radical (unpaired) electrons. The van der Waals surface area contributed by atoms with E-state index in [1.165, 1.54) is 0 Å². The molecule has 0 aliphatic carbocycles. The Hall–Kier alpha value is -2.10. The second-order valence-corrected chi connectivity index (χ2v) is 4.92. The summed E-state index contributed by atoms with van der Waals surface area (Å²) < 4.78 is 5.48. The van der Waals surface area contributed by atoms with Gasteiger partial charge in [-0.25, -0.2) is 4.98 Å². The summed E-state index contributed by atoms with van der Waals surface area (Å²) in [6.45, 7) is 4.32. The number of rotatable bonds is 4. The standard InChI is InChI=1S/C15H19N3O/c1-10(2)7-11-8-12(14-5-4-6-19-14)13(9-17-3)15(16)18-11/h4-6,8-10H,7H2,1-3H3,(H2,16,18). The first-order valence-electron chi connectivity index (χ1n) is 6.37. The molecular weight excluding hydrogens is 238 g/mol. The van der Waals surface area contributed by atoms with Crippen LogP contribution in [0.4, 0.5) is 5.82 Å². The molecule has 0 aliphatic heterocycles. The molecule has 0 unspecified atom stereocenters. The molecule has 2 heterocycles. The van der Waals surface area contributed by atoms with E-state index in [-0.39, 0.29) is 0 Å². The first-order chi connectivity index (χ1) is 9.11. The molecule has 0 fully saturated rings. The van der Waals surface area contributed by atoms with Gasteiger partial charge in [-0.2, -0.15) is 0 Å². The zero-order chi connectivity index (χ0) is 13.8. The van der Waals surface area contributed by atoms with Gasteiger partial charge in [-0.15, -0.1) is 0 Å². The summed E-state index contributed by atoms with van der Waals surface area (Å²) in [5, 5.41) is 0. The maximum absolute atomic E-state index is 6.05. The fourth-order valence-corrected chi connectivity index (χ4v) is 2.05. The first-order valence-corrected chi connectivity index (χ1v) is 6.37. The number of aliphatic imine (C=N–C) groups is 1. The minimum atomic E-state index is 0.496. The number of nitrogen functional groups attached to an aromatic ring is 1. The highest BCUT2D eigenvalue weighted by Gasteiger charge is 2.13. The second-order valence-electron chi connectivity index (χ2n) is 4.92. The van der Waals surface area contributed by atoms with Crippen LogP contribution in [0.2, 0.25) is 0 Å². The highest BCUT2D eigenvalue weighted by Crippen LogP contribution is 2.27. The average Bonchev–Trinajstić information content (AvgIpc) is 2.85. The van der Waals surface area contributed by atoms with Crippen molar-refractivity contribution in [2.24, 2.45) is 10.9 Å². The maximum atomic E-state index is 6.05. The molecule has 19 heavy (non-hydrogen) atoms. The number of hydrogen-bond donors (Lipinski definition) is 1. The Bertz CT molecular complexity index is 571. The molecule has 0 spiro atoms. The van der Waals surface area contributed by atoms with E-state index in [2.05, 4.69) is 23.8 Å². The molecule has 100 valence electrons. The van der Waals surface area contributed by atoms with E-state index in [4.69, 9.17) is 10.2 Å². The van der Waals surface area contributed by atoms with Gasteiger partial charge in [-0.1, -0.05) is 13.8 Å². The number of nitrogens with two attached hydrogens (primary N) is 1. The topological polar surface area (TPSA) is 64.4 Å². The summed E-state index contributed by atoms with van der Waals surface area (Å²) in [5.74, 6) is 1.81. The van der Waals surface area contributed by atoms with Crippen molar-refractivity contribution in [1.29, 1.82) is 0 Å². The van der Waals surface area contributed by atoms with Crippen LogP contribution < -0.4 is 5.73 Å². The third kappa shape index (κ3) is 3.02. The molecule has 0 atom stereocenters. The highest BCUT2D eigenvalue weighted by molar-refractivity contribution is 5.94. The Morgan fingerprint density at radius 3 is 2.84 bits per heavy atom. The molecular formula is C15H19N3O. The average molecular weight is 257 g/mol. The SMILES string of the molecule is CN=Cc1c(-c2ccco2)cc(CC(C)C)nc1N. The summed E-state index contributed by atoms with van der Waals surface area (Å²) in [4.78, 5) is 8.49. The second kappa shape index (κ2) is 5.69. The minimum absolute atomic E-state index is 0.496. The Kier molecular flexibility index (Phi) is 4.00. The smallest absolute Gasteiger partial charge is 0.134 e. The number of pyridine rings is 1. The third-order valence-electron chi connectivity index (χ3n) is 2.80. The van der Waals surface area contributed by atoms with Crippen LogP contribution in [0.15, 0.2) is 33.9 Å². The van der Waals surface area contributed by atoms with Crippen molar-refractivity contribution < 1.29 is 4.42 Å². The lowest BCUT2D eigenvalue weighted by molar-refractivity contribution is 0.581. The van der Waals surface area contributed by atoms with E-state index < -0.39 is 0 Å². The number of furan rings is 1. The van der Waals surface area contributed by atoms with Crippen LogP contribution in [0.25, 0.3) is 11.3 Å². The summed E-state index contributed by atoms with van der Waals surface area (Å²) in [7, 11) is 1.72. The predicted molar refractivity (Wildman–Crippen MR) is 78.4 cm³/mol. The lowest BCUT2D eigenvalue weighted by Crippen LogP contribution is -2.05. The molecule has 0 saturated carbocycles. The fourth-order valence-electron chi connectivity index (χ4n) is 2.05. The molecule has 2 aromatic rings. The number of anilines is 1. The zero-order valence-corrected chi connectivity index (χ0v) is 11.6. The van der Waals surface area contributed by atoms with E-state index in [1.54, 1.807) is 19.5 Å². The van der Waals surface area contributed by atoms with Crippen molar-refractivity contribution >= 4 is 12.0 Å². The minimum Gasteiger partial charge on any atom is -0.464 e. The van der Waals surface area contributed by atoms with Crippen molar-refractivity contribution in [2.45, 2.75) is 20.3 Å². The van der Waals surface area contributed by atoms with Crippen molar-refractivity contribution in [1.82, 2.24) is 4.98 Å². The van der Waals surface area contributed by atoms with E-state index in [1.807, 2.05) is 18.2 Å². The van der Waals surface area contributed by atoms with Crippen molar-refractivity contribution in [3.05, 3.63) is 35.7 Å². The van der Waals surface area contributed by atoms with Gasteiger partial charge < -0.3 is 10.2 Å². The molecule has 4 nitrogen and oxygen atoms in total. The van der Waals surface area contributed by atoms with Crippen LogP contribution >= 0.6 is 0 Å². The van der Waals surface area contributed by atoms with Gasteiger partial charge in [0.2, 0.25) is 0 Å². The van der Waals surface area contributed by atoms with Crippen molar-refractivity contribution in [3.63, 3.8) is 0 Å². The molecule has 0 saturated heterocycles. The van der Waals surface area contributed by atoms with Gasteiger partial charge in [0.15, 0.2) is 0 Å². The molecule has 4 heteroatoms. The molecule has 0 aliphatic rings. The van der Waals surface area contributed by atoms with Crippen molar-refractivity contribution in [3.8, 4) is 11.3 Å². The number of nitrogens with zero attached hydrogens (tertiary/aromatic N) is 2. The monoisotopic (exact) mass is 257 g/mol. The van der Waals surface area contributed by atoms with Gasteiger partial charge in [0, 0.05) is 30.1 Å². The zero-order valence-electron chi connectivity index (χ0n) is 11.6. The summed E-state index contributed by atoms with van der Waals surface area (Å²) in [5.41, 5.74) is 8.78. The first kappa shape index (κ1) is 13.3. The lowest BCUT2D eigenvalue weighted by atomic mass is 10.0. The quantitative estimate of drug-likeness (QED) is 0.855. The normalized spacial score (nSPS) is 11.6. The van der Waals surface area contributed by atoms with Crippen molar-refractivity contribution in [2.75, 3.05) is 12.8 Å². The number of aromatic nitrogens is 1. The summed E-state index contributed by atoms with van der Waals surface area (Å²) in [6, 6.07) is 5.81. The van der Waals surface area contributed by atoms with Crippen LogP contribution in [0.1, 0.15) is 25.1 Å². The van der Waals surface area contributed by atoms with Crippen LogP contribution in [-0.4, -0.2) is 18.2 Å². The molecule has 0 amide bonds. The Morgan fingerprint density at radius 2 is 2.26 bits per heavy atom. The molecule has 2 N–H and O–H groups in total. The summed E-state index contributed by atoms with van der Waals surface area (Å²) >= 11 is 0. The van der Waals surface area contributed by atoms with E-state index in [0.717, 1.165) is 29.0 Å². The Balaban J connectivity index is 2.56. The number of hydrogen-bond acceptors (Lipinski definition) is 4. The van der Waals surface area contributed by atoms with Gasteiger partial charge in [0.1, 0.15) is 11.6 Å². The third-order valence-corrected chi connectivity index (χ3v) is 2.80.